The third kappa shape index (κ3) is 6.81. The van der Waals surface area contributed by atoms with Gasteiger partial charge in [-0.2, -0.15) is 0 Å². The van der Waals surface area contributed by atoms with Crippen LogP contribution in [0.3, 0.4) is 0 Å². The van der Waals surface area contributed by atoms with Crippen molar-refractivity contribution in [3.8, 4) is 17.2 Å². The van der Waals surface area contributed by atoms with Gasteiger partial charge < -0.3 is 14.6 Å². The number of hydrogen-bond acceptors (Lipinski definition) is 3. The Morgan fingerprint density at radius 3 is 2.23 bits per heavy atom. The lowest BCUT2D eigenvalue weighted by Crippen LogP contribution is -2.17. The topological polar surface area (TPSA) is 38.7 Å². The summed E-state index contributed by atoms with van der Waals surface area (Å²) in [4.78, 5) is 0. The van der Waals surface area contributed by atoms with Gasteiger partial charge in [0.25, 0.3) is 0 Å². The highest BCUT2D eigenvalue weighted by molar-refractivity contribution is 5.52. The summed E-state index contributed by atoms with van der Waals surface area (Å²) in [6.07, 6.45) is 0.664. The maximum absolute atomic E-state index is 12.3. The fourth-order valence-corrected chi connectivity index (χ4v) is 3.02. The van der Waals surface area contributed by atoms with Crippen molar-refractivity contribution in [2.45, 2.75) is 32.7 Å². The number of halogens is 3. The molecule has 3 nitrogen and oxygen atoms in total. The molecule has 0 amide bonds. The van der Waals surface area contributed by atoms with E-state index in [1.807, 2.05) is 24.3 Å². The van der Waals surface area contributed by atoms with Crippen LogP contribution in [-0.4, -0.2) is 11.5 Å². The Morgan fingerprint density at radius 1 is 0.903 bits per heavy atom. The van der Waals surface area contributed by atoms with Crippen molar-refractivity contribution >= 4 is 6.08 Å². The quantitative estimate of drug-likeness (QED) is 0.435. The Bertz CT molecular complexity index is 1010. The monoisotopic (exact) mass is 428 g/mol. The Labute approximate surface area is 179 Å². The van der Waals surface area contributed by atoms with Gasteiger partial charge >= 0.3 is 6.36 Å². The normalized spacial score (nSPS) is 11.6. The smallest absolute Gasteiger partial charge is 0.508 e. The number of rotatable bonds is 8. The van der Waals surface area contributed by atoms with Crippen molar-refractivity contribution in [1.82, 2.24) is 0 Å². The number of allylic oxidation sites excluding steroid dienone is 1. The van der Waals surface area contributed by atoms with Gasteiger partial charge in [-0.05, 0) is 53.8 Å². The molecule has 0 saturated carbocycles. The van der Waals surface area contributed by atoms with Crippen LogP contribution < -0.4 is 9.47 Å². The van der Waals surface area contributed by atoms with E-state index < -0.39 is 6.36 Å². The number of hydrogen-bond donors (Lipinski definition) is 1. The van der Waals surface area contributed by atoms with E-state index in [9.17, 15) is 18.3 Å². The van der Waals surface area contributed by atoms with Crippen LogP contribution in [0.15, 0.2) is 72.8 Å². The summed E-state index contributed by atoms with van der Waals surface area (Å²) >= 11 is 0. The van der Waals surface area contributed by atoms with Gasteiger partial charge in [0.15, 0.2) is 0 Å². The molecule has 6 heteroatoms. The molecule has 0 aliphatic rings. The molecular weight excluding hydrogens is 405 g/mol. The Balaban J connectivity index is 1.64. The molecule has 0 spiro atoms. The zero-order valence-corrected chi connectivity index (χ0v) is 17.0. The fraction of sp³-hybridized carbons (Fsp3) is 0.200. The summed E-state index contributed by atoms with van der Waals surface area (Å²) in [5.41, 5.74) is 3.65. The lowest BCUT2D eigenvalue weighted by Gasteiger charge is -2.13. The maximum Gasteiger partial charge on any atom is 0.573 e. The minimum Gasteiger partial charge on any atom is -0.508 e. The van der Waals surface area contributed by atoms with Gasteiger partial charge in [0.05, 0.1) is 0 Å². The molecule has 0 aliphatic heterocycles. The third-order valence-electron chi connectivity index (χ3n) is 4.68. The SMILES string of the molecule is CCc1ccc(/C=C/Cc2c(O)cccc2OCc2ccc(OC(F)(F)F)cc2)cc1. The predicted molar refractivity (Wildman–Crippen MR) is 114 cm³/mol. The molecule has 0 unspecified atom stereocenters. The van der Waals surface area contributed by atoms with E-state index in [0.717, 1.165) is 12.0 Å². The molecule has 0 aliphatic carbocycles. The summed E-state index contributed by atoms with van der Waals surface area (Å²) in [5, 5.41) is 10.3. The molecule has 0 fully saturated rings. The van der Waals surface area contributed by atoms with Crippen molar-refractivity contribution in [1.29, 1.82) is 0 Å². The summed E-state index contributed by atoms with van der Waals surface area (Å²) < 4.78 is 46.5. The minimum atomic E-state index is -4.72. The third-order valence-corrected chi connectivity index (χ3v) is 4.68. The molecule has 3 rings (SSSR count). The molecule has 0 heterocycles. The first kappa shape index (κ1) is 22.3. The number of ether oxygens (including phenoxy) is 2. The Morgan fingerprint density at radius 2 is 1.58 bits per heavy atom. The first-order valence-corrected chi connectivity index (χ1v) is 9.88. The Kier molecular flexibility index (Phi) is 7.23. The second kappa shape index (κ2) is 10.1. The second-order valence-corrected chi connectivity index (χ2v) is 6.94. The van der Waals surface area contributed by atoms with Gasteiger partial charge in [0, 0.05) is 5.56 Å². The Hall–Kier alpha value is -3.41. The van der Waals surface area contributed by atoms with Crippen LogP contribution in [0, 0.1) is 0 Å². The average molecular weight is 428 g/mol. The zero-order valence-electron chi connectivity index (χ0n) is 17.0. The maximum atomic E-state index is 12.3. The van der Waals surface area contributed by atoms with Gasteiger partial charge in [0.1, 0.15) is 23.9 Å². The van der Waals surface area contributed by atoms with E-state index in [0.29, 0.717) is 23.3 Å². The summed E-state index contributed by atoms with van der Waals surface area (Å²) in [5.74, 6) is 0.352. The lowest BCUT2D eigenvalue weighted by molar-refractivity contribution is -0.274. The molecular formula is C25H23F3O3. The molecule has 1 N–H and O–H groups in total. The van der Waals surface area contributed by atoms with Crippen molar-refractivity contribution < 1.29 is 27.8 Å². The van der Waals surface area contributed by atoms with Crippen LogP contribution in [0.5, 0.6) is 17.2 Å². The molecule has 0 radical (unpaired) electrons. The van der Waals surface area contributed by atoms with E-state index in [-0.39, 0.29) is 18.1 Å². The van der Waals surface area contributed by atoms with E-state index in [1.54, 1.807) is 18.2 Å². The summed E-state index contributed by atoms with van der Waals surface area (Å²) in [6, 6.07) is 18.8. The van der Waals surface area contributed by atoms with Crippen LogP contribution >= 0.6 is 0 Å². The number of alkyl halides is 3. The second-order valence-electron chi connectivity index (χ2n) is 6.94. The van der Waals surface area contributed by atoms with Crippen molar-refractivity contribution in [2.24, 2.45) is 0 Å². The van der Waals surface area contributed by atoms with Gasteiger partial charge in [0.2, 0.25) is 0 Å². The lowest BCUT2D eigenvalue weighted by atomic mass is 10.1. The van der Waals surface area contributed by atoms with Crippen molar-refractivity contribution in [3.05, 3.63) is 95.1 Å². The van der Waals surface area contributed by atoms with Gasteiger partial charge in [-0.25, -0.2) is 0 Å². The number of aryl methyl sites for hydroxylation is 1. The van der Waals surface area contributed by atoms with Crippen molar-refractivity contribution in [2.75, 3.05) is 0 Å². The molecule has 0 atom stereocenters. The number of benzene rings is 3. The van der Waals surface area contributed by atoms with Crippen LogP contribution in [0.1, 0.15) is 29.2 Å². The molecule has 0 aromatic heterocycles. The first-order chi connectivity index (χ1) is 14.8. The van der Waals surface area contributed by atoms with E-state index in [1.165, 1.54) is 29.8 Å². The highest BCUT2D eigenvalue weighted by Gasteiger charge is 2.30. The zero-order chi connectivity index (χ0) is 22.3. The van der Waals surface area contributed by atoms with Crippen LogP contribution in [-0.2, 0) is 19.4 Å². The van der Waals surface area contributed by atoms with E-state index in [2.05, 4.69) is 23.8 Å². The average Bonchev–Trinajstić information content (AvgIpc) is 2.74. The van der Waals surface area contributed by atoms with Crippen LogP contribution in [0.25, 0.3) is 6.08 Å². The van der Waals surface area contributed by atoms with Crippen LogP contribution in [0.4, 0.5) is 13.2 Å². The van der Waals surface area contributed by atoms with E-state index in [4.69, 9.17) is 4.74 Å². The highest BCUT2D eigenvalue weighted by Crippen LogP contribution is 2.29. The molecule has 162 valence electrons. The molecule has 3 aromatic rings. The van der Waals surface area contributed by atoms with Crippen molar-refractivity contribution in [3.63, 3.8) is 0 Å². The van der Waals surface area contributed by atoms with Crippen LogP contribution in [0.2, 0.25) is 0 Å². The fourth-order valence-electron chi connectivity index (χ4n) is 3.02. The summed E-state index contributed by atoms with van der Waals surface area (Å²) in [6.45, 7) is 2.25. The number of phenolic OH excluding ortho intramolecular Hbond substituents is 1. The molecule has 3 aromatic carbocycles. The van der Waals surface area contributed by atoms with Gasteiger partial charge in [-0.1, -0.05) is 61.5 Å². The van der Waals surface area contributed by atoms with Gasteiger partial charge in [-0.15, -0.1) is 13.2 Å². The van der Waals surface area contributed by atoms with Gasteiger partial charge in [-0.3, -0.25) is 0 Å². The predicted octanol–water partition coefficient (Wildman–Crippen LogP) is 6.69. The number of phenols is 1. The largest absolute Gasteiger partial charge is 0.573 e. The number of aromatic hydroxyl groups is 1. The molecule has 0 saturated heterocycles. The molecule has 31 heavy (non-hydrogen) atoms. The highest BCUT2D eigenvalue weighted by atomic mass is 19.4. The van der Waals surface area contributed by atoms with E-state index >= 15 is 0 Å². The summed E-state index contributed by atoms with van der Waals surface area (Å²) in [7, 11) is 0. The minimum absolute atomic E-state index is 0.123. The molecule has 0 bridgehead atoms. The standard InChI is InChI=1S/C25H23F3O3/c1-2-18-9-11-19(12-10-18)5-3-6-22-23(29)7-4-8-24(22)30-17-20-13-15-21(16-14-20)31-25(26,27)28/h3-5,7-16,29H,2,6,17H2,1H3/b5-3+. The first-order valence-electron chi connectivity index (χ1n) is 9.88.